The van der Waals surface area contributed by atoms with Gasteiger partial charge in [0.1, 0.15) is 23.2 Å². The van der Waals surface area contributed by atoms with Crippen molar-refractivity contribution in [3.63, 3.8) is 0 Å². The van der Waals surface area contributed by atoms with Gasteiger partial charge in [-0.3, -0.25) is 4.57 Å². The van der Waals surface area contributed by atoms with Gasteiger partial charge in [0.05, 0.1) is 0 Å². The second kappa shape index (κ2) is 8.50. The fourth-order valence-corrected chi connectivity index (χ4v) is 3.32. The van der Waals surface area contributed by atoms with Crippen LogP contribution in [0.25, 0.3) is 5.82 Å². The van der Waals surface area contributed by atoms with E-state index in [2.05, 4.69) is 25.6 Å². The van der Waals surface area contributed by atoms with Gasteiger partial charge in [0.15, 0.2) is 11.5 Å². The topological polar surface area (TPSA) is 112 Å². The Kier molecular flexibility index (Phi) is 5.23. The highest BCUT2D eigenvalue weighted by Crippen LogP contribution is 2.34. The summed E-state index contributed by atoms with van der Waals surface area (Å²) in [7, 11) is 0. The number of aromatic nitrogens is 4. The number of amides is 2. The lowest BCUT2D eigenvalue weighted by molar-refractivity contribution is 0.174. The molecule has 0 saturated carbocycles. The summed E-state index contributed by atoms with van der Waals surface area (Å²) in [6, 6.07) is 13.5. The number of ether oxygens (including phenoxy) is 3. The summed E-state index contributed by atoms with van der Waals surface area (Å²) < 4.78 is 18.3. The Balaban J connectivity index is 1.23. The number of benzene rings is 2. The summed E-state index contributed by atoms with van der Waals surface area (Å²) >= 11 is 0. The first-order valence-corrected chi connectivity index (χ1v) is 10.1. The van der Waals surface area contributed by atoms with Crippen LogP contribution in [-0.2, 0) is 0 Å². The number of nitrogens with zero attached hydrogens (tertiary/aromatic N) is 4. The molecule has 0 spiro atoms. The van der Waals surface area contributed by atoms with Crippen LogP contribution in [0.2, 0.25) is 0 Å². The van der Waals surface area contributed by atoms with Crippen LogP contribution in [0.3, 0.4) is 0 Å². The van der Waals surface area contributed by atoms with Crippen LogP contribution in [0.5, 0.6) is 23.1 Å². The van der Waals surface area contributed by atoms with E-state index in [4.69, 9.17) is 14.2 Å². The van der Waals surface area contributed by atoms with E-state index in [1.165, 1.54) is 0 Å². The highest BCUT2D eigenvalue weighted by Gasteiger charge is 2.14. The Bertz CT molecular complexity index is 1320. The third-order valence-corrected chi connectivity index (χ3v) is 4.84. The molecule has 0 fully saturated rings. The summed E-state index contributed by atoms with van der Waals surface area (Å²) in [5.41, 5.74) is 1.20. The number of anilines is 2. The normalized spacial score (nSPS) is 11.8. The van der Waals surface area contributed by atoms with Gasteiger partial charge in [0.2, 0.25) is 12.7 Å². The van der Waals surface area contributed by atoms with Gasteiger partial charge in [-0.05, 0) is 50.2 Å². The van der Waals surface area contributed by atoms with Crippen molar-refractivity contribution in [3.05, 3.63) is 72.6 Å². The molecule has 4 aromatic rings. The molecule has 0 bridgehead atoms. The highest BCUT2D eigenvalue weighted by atomic mass is 16.7. The Morgan fingerprint density at radius 1 is 0.970 bits per heavy atom. The van der Waals surface area contributed by atoms with Gasteiger partial charge in [-0.25, -0.2) is 14.8 Å². The third kappa shape index (κ3) is 4.54. The van der Waals surface area contributed by atoms with Gasteiger partial charge >= 0.3 is 6.03 Å². The number of urea groups is 1. The lowest BCUT2D eigenvalue weighted by atomic mass is 10.3. The smallest absolute Gasteiger partial charge is 0.323 e. The van der Waals surface area contributed by atoms with Crippen LogP contribution >= 0.6 is 0 Å². The number of hydrogen-bond acceptors (Lipinski definition) is 7. The molecule has 10 nitrogen and oxygen atoms in total. The molecule has 2 aromatic carbocycles. The number of rotatable bonds is 5. The number of aryl methyl sites for hydroxylation is 2. The second-order valence-electron chi connectivity index (χ2n) is 7.23. The average Bonchev–Trinajstić information content (AvgIpc) is 3.43. The van der Waals surface area contributed by atoms with E-state index in [1.807, 2.05) is 17.7 Å². The Morgan fingerprint density at radius 3 is 2.52 bits per heavy atom. The van der Waals surface area contributed by atoms with Gasteiger partial charge in [-0.2, -0.15) is 4.98 Å². The average molecular weight is 444 g/mol. The quantitative estimate of drug-likeness (QED) is 0.468. The van der Waals surface area contributed by atoms with Crippen LogP contribution in [0, 0.1) is 13.8 Å². The molecule has 33 heavy (non-hydrogen) atoms. The minimum atomic E-state index is -0.380. The molecule has 0 unspecified atom stereocenters. The van der Waals surface area contributed by atoms with Gasteiger partial charge in [-0.1, -0.05) is 0 Å². The molecule has 0 aliphatic carbocycles. The van der Waals surface area contributed by atoms with Gasteiger partial charge < -0.3 is 24.8 Å². The van der Waals surface area contributed by atoms with Crippen molar-refractivity contribution < 1.29 is 19.0 Å². The summed E-state index contributed by atoms with van der Waals surface area (Å²) in [6.07, 6.45) is 3.54. The first-order chi connectivity index (χ1) is 16.0. The van der Waals surface area contributed by atoms with Crippen molar-refractivity contribution >= 4 is 17.4 Å². The Morgan fingerprint density at radius 2 is 1.73 bits per heavy atom. The molecule has 5 rings (SSSR count). The zero-order valence-electron chi connectivity index (χ0n) is 17.9. The van der Waals surface area contributed by atoms with E-state index in [0.29, 0.717) is 46.1 Å². The number of nitrogens with one attached hydrogen (secondary N) is 2. The minimum Gasteiger partial charge on any atom is -0.454 e. The summed E-state index contributed by atoms with van der Waals surface area (Å²) in [6.45, 7) is 3.87. The minimum absolute atomic E-state index is 0.179. The Labute approximate surface area is 189 Å². The molecule has 1 aliphatic rings. The molecule has 2 N–H and O–H groups in total. The maximum Gasteiger partial charge on any atom is 0.323 e. The Hall–Kier alpha value is -4.60. The fourth-order valence-electron chi connectivity index (χ4n) is 3.32. The predicted molar refractivity (Wildman–Crippen MR) is 120 cm³/mol. The molecule has 2 aromatic heterocycles. The molecule has 0 saturated heterocycles. The fraction of sp³-hybridized carbons (Fsp3) is 0.130. The van der Waals surface area contributed by atoms with Crippen LogP contribution in [0.1, 0.15) is 11.6 Å². The maximum atomic E-state index is 12.3. The molecule has 1 aliphatic heterocycles. The van der Waals surface area contributed by atoms with Crippen LogP contribution in [0.15, 0.2) is 60.9 Å². The van der Waals surface area contributed by atoms with Crippen LogP contribution < -0.4 is 24.8 Å². The lowest BCUT2D eigenvalue weighted by Crippen LogP contribution is -2.19. The summed E-state index contributed by atoms with van der Waals surface area (Å²) in [5, 5.41) is 5.54. The van der Waals surface area contributed by atoms with Crippen molar-refractivity contribution in [1.82, 2.24) is 19.5 Å². The van der Waals surface area contributed by atoms with Gasteiger partial charge in [0, 0.05) is 35.9 Å². The highest BCUT2D eigenvalue weighted by molar-refractivity contribution is 6.00. The molecule has 10 heteroatoms. The number of fused-ring (bicyclic) bond motifs is 1. The zero-order chi connectivity index (χ0) is 22.8. The molecule has 166 valence electrons. The predicted octanol–water partition coefficient (Wildman–Crippen LogP) is 4.44. The van der Waals surface area contributed by atoms with Crippen molar-refractivity contribution in [2.24, 2.45) is 0 Å². The third-order valence-electron chi connectivity index (χ3n) is 4.84. The van der Waals surface area contributed by atoms with Crippen LogP contribution in [0.4, 0.5) is 16.2 Å². The first kappa shape index (κ1) is 20.3. The standard InChI is InChI=1S/C23H20N6O4/c1-14-25-21(29-10-9-24-15(29)2)12-22(26-14)33-18-6-3-16(4-7-18)27-23(30)28-17-5-8-19-20(11-17)32-13-31-19/h3-12H,13H2,1-2H3,(H2,27,28,30). The van der Waals surface area contributed by atoms with Gasteiger partial charge in [0.25, 0.3) is 0 Å². The molecule has 3 heterocycles. The zero-order valence-corrected chi connectivity index (χ0v) is 17.9. The van der Waals surface area contributed by atoms with E-state index in [1.54, 1.807) is 61.7 Å². The number of hydrogen-bond donors (Lipinski definition) is 2. The summed E-state index contributed by atoms with van der Waals surface area (Å²) in [5.74, 6) is 4.30. The van der Waals surface area contributed by atoms with Gasteiger partial charge in [-0.15, -0.1) is 0 Å². The molecular weight excluding hydrogens is 424 g/mol. The van der Waals surface area contributed by atoms with E-state index < -0.39 is 0 Å². The van der Waals surface area contributed by atoms with Crippen LogP contribution in [-0.4, -0.2) is 32.3 Å². The summed E-state index contributed by atoms with van der Waals surface area (Å²) in [4.78, 5) is 25.3. The maximum absolute atomic E-state index is 12.3. The SMILES string of the molecule is Cc1nc(Oc2ccc(NC(=O)Nc3ccc4c(c3)OCO4)cc2)cc(-n2ccnc2C)n1. The van der Waals surface area contributed by atoms with Crippen molar-refractivity contribution in [3.8, 4) is 28.9 Å². The van der Waals surface area contributed by atoms with Crippen molar-refractivity contribution in [2.75, 3.05) is 17.4 Å². The monoisotopic (exact) mass is 444 g/mol. The molecule has 0 radical (unpaired) electrons. The van der Waals surface area contributed by atoms with Crippen molar-refractivity contribution in [1.29, 1.82) is 0 Å². The molecular formula is C23H20N6O4. The van der Waals surface area contributed by atoms with E-state index in [-0.39, 0.29) is 12.8 Å². The number of imidazole rings is 1. The molecule has 0 atom stereocenters. The number of carbonyl (C=O) groups is 1. The second-order valence-corrected chi connectivity index (χ2v) is 7.23. The number of carbonyl (C=O) groups excluding carboxylic acids is 1. The largest absolute Gasteiger partial charge is 0.454 e. The van der Waals surface area contributed by atoms with Crippen molar-refractivity contribution in [2.45, 2.75) is 13.8 Å². The lowest BCUT2D eigenvalue weighted by Gasteiger charge is -2.11. The van der Waals surface area contributed by atoms with E-state index in [0.717, 1.165) is 5.82 Å². The first-order valence-electron chi connectivity index (χ1n) is 10.1. The molecule has 2 amide bonds. The van der Waals surface area contributed by atoms with E-state index in [9.17, 15) is 4.79 Å². The van der Waals surface area contributed by atoms with E-state index >= 15 is 0 Å².